The first-order valence-electron chi connectivity index (χ1n) is 7.93. The fourth-order valence-corrected chi connectivity index (χ4v) is 3.27. The number of rotatable bonds is 6. The minimum Gasteiger partial charge on any atom is -0.314 e. The highest BCUT2D eigenvalue weighted by Crippen LogP contribution is 2.24. The molecule has 2 fully saturated rings. The predicted octanol–water partition coefficient (Wildman–Crippen LogP) is 1.79. The number of nitrogens with one attached hydrogen (secondary N) is 1. The molecule has 2 heterocycles. The lowest BCUT2D eigenvalue weighted by Gasteiger charge is -2.50. The summed E-state index contributed by atoms with van der Waals surface area (Å²) in [5.41, 5.74) is 0. The van der Waals surface area contributed by atoms with Gasteiger partial charge >= 0.3 is 0 Å². The van der Waals surface area contributed by atoms with E-state index in [0.29, 0.717) is 0 Å². The molecule has 18 heavy (non-hydrogen) atoms. The van der Waals surface area contributed by atoms with Crippen LogP contribution < -0.4 is 5.32 Å². The number of hydrogen-bond acceptors (Lipinski definition) is 3. The Labute approximate surface area is 113 Å². The van der Waals surface area contributed by atoms with Gasteiger partial charge in [0.25, 0.3) is 0 Å². The minimum absolute atomic E-state index is 0.833. The Hall–Kier alpha value is -0.120. The summed E-state index contributed by atoms with van der Waals surface area (Å²) in [6.07, 6.45) is 4.03. The number of likely N-dealkylation sites (tertiary alicyclic amines) is 1. The Morgan fingerprint density at radius 1 is 1.11 bits per heavy atom. The zero-order valence-electron chi connectivity index (χ0n) is 12.5. The number of hydrogen-bond donors (Lipinski definition) is 1. The van der Waals surface area contributed by atoms with Crippen molar-refractivity contribution in [1.82, 2.24) is 15.1 Å². The highest BCUT2D eigenvalue weighted by Gasteiger charge is 2.35. The molecule has 3 heteroatoms. The van der Waals surface area contributed by atoms with Crippen molar-refractivity contribution in [2.24, 2.45) is 5.92 Å². The molecule has 2 unspecified atom stereocenters. The van der Waals surface area contributed by atoms with Crippen LogP contribution in [-0.2, 0) is 0 Å². The Morgan fingerprint density at radius 2 is 1.78 bits per heavy atom. The molecule has 0 aromatic carbocycles. The molecule has 106 valence electrons. The summed E-state index contributed by atoms with van der Waals surface area (Å²) in [4.78, 5) is 5.40. The van der Waals surface area contributed by atoms with Crippen LogP contribution >= 0.6 is 0 Å². The Balaban J connectivity index is 1.72. The summed E-state index contributed by atoms with van der Waals surface area (Å²) < 4.78 is 0. The molecular weight excluding hydrogens is 222 g/mol. The third kappa shape index (κ3) is 3.46. The van der Waals surface area contributed by atoms with Gasteiger partial charge in [0, 0.05) is 51.4 Å². The molecule has 0 spiro atoms. The van der Waals surface area contributed by atoms with Gasteiger partial charge in [0.15, 0.2) is 0 Å². The smallest absolute Gasteiger partial charge is 0.0351 e. The highest BCUT2D eigenvalue weighted by atomic mass is 15.3. The normalized spacial score (nSPS) is 26.8. The van der Waals surface area contributed by atoms with E-state index in [4.69, 9.17) is 0 Å². The standard InChI is InChI=1S/C15H31N3/c1-4-13(3)10-14(5-2)18-11-15(12-18)17-8-6-16-7-9-17/h13-16H,4-12H2,1-3H3. The summed E-state index contributed by atoms with van der Waals surface area (Å²) in [5, 5.41) is 3.44. The van der Waals surface area contributed by atoms with Gasteiger partial charge in [-0.25, -0.2) is 0 Å². The first kappa shape index (κ1) is 14.3. The molecule has 2 aliphatic rings. The van der Waals surface area contributed by atoms with Crippen LogP contribution in [0.5, 0.6) is 0 Å². The lowest BCUT2D eigenvalue weighted by molar-refractivity contribution is -0.00740. The molecule has 0 aromatic heterocycles. The molecule has 2 aliphatic heterocycles. The summed E-state index contributed by atoms with van der Waals surface area (Å²) in [6, 6.07) is 1.68. The van der Waals surface area contributed by atoms with Gasteiger partial charge in [0.05, 0.1) is 0 Å². The van der Waals surface area contributed by atoms with Crippen molar-refractivity contribution >= 4 is 0 Å². The molecule has 0 radical (unpaired) electrons. The summed E-state index contributed by atoms with van der Waals surface area (Å²) >= 11 is 0. The second-order valence-corrected chi connectivity index (χ2v) is 6.20. The topological polar surface area (TPSA) is 18.5 Å². The van der Waals surface area contributed by atoms with E-state index < -0.39 is 0 Å². The van der Waals surface area contributed by atoms with Crippen LogP contribution in [-0.4, -0.2) is 61.2 Å². The van der Waals surface area contributed by atoms with Crippen LogP contribution in [0.15, 0.2) is 0 Å². The van der Waals surface area contributed by atoms with Gasteiger partial charge in [-0.05, 0) is 18.8 Å². The third-order valence-corrected chi connectivity index (χ3v) is 4.92. The molecule has 2 saturated heterocycles. The fraction of sp³-hybridized carbons (Fsp3) is 1.00. The van der Waals surface area contributed by atoms with Crippen molar-refractivity contribution in [3.05, 3.63) is 0 Å². The van der Waals surface area contributed by atoms with Crippen LogP contribution in [0.25, 0.3) is 0 Å². The van der Waals surface area contributed by atoms with Crippen LogP contribution in [0.2, 0.25) is 0 Å². The molecule has 3 nitrogen and oxygen atoms in total. The van der Waals surface area contributed by atoms with Crippen LogP contribution in [0, 0.1) is 5.92 Å². The third-order valence-electron chi connectivity index (χ3n) is 4.92. The van der Waals surface area contributed by atoms with E-state index in [2.05, 4.69) is 35.9 Å². The monoisotopic (exact) mass is 253 g/mol. The van der Waals surface area contributed by atoms with Gasteiger partial charge in [-0.1, -0.05) is 27.2 Å². The Bertz CT molecular complexity index is 232. The van der Waals surface area contributed by atoms with E-state index in [9.17, 15) is 0 Å². The molecule has 0 aromatic rings. The van der Waals surface area contributed by atoms with Gasteiger partial charge in [-0.3, -0.25) is 9.80 Å². The van der Waals surface area contributed by atoms with Crippen molar-refractivity contribution in [2.75, 3.05) is 39.3 Å². The molecule has 0 bridgehead atoms. The van der Waals surface area contributed by atoms with Gasteiger partial charge in [-0.15, -0.1) is 0 Å². The van der Waals surface area contributed by atoms with Crippen molar-refractivity contribution in [3.63, 3.8) is 0 Å². The van der Waals surface area contributed by atoms with E-state index in [1.54, 1.807) is 0 Å². The zero-order chi connectivity index (χ0) is 13.0. The molecule has 2 atom stereocenters. The van der Waals surface area contributed by atoms with Crippen LogP contribution in [0.1, 0.15) is 40.0 Å². The molecule has 1 N–H and O–H groups in total. The maximum absolute atomic E-state index is 3.44. The number of nitrogens with zero attached hydrogens (tertiary/aromatic N) is 2. The fourth-order valence-electron chi connectivity index (χ4n) is 3.27. The maximum atomic E-state index is 3.44. The average molecular weight is 253 g/mol. The van der Waals surface area contributed by atoms with Crippen LogP contribution in [0.3, 0.4) is 0 Å². The summed E-state index contributed by atoms with van der Waals surface area (Å²) in [7, 11) is 0. The predicted molar refractivity (Wildman–Crippen MR) is 78.0 cm³/mol. The lowest BCUT2D eigenvalue weighted by Crippen LogP contribution is -2.64. The minimum atomic E-state index is 0.833. The average Bonchev–Trinajstić information content (AvgIpc) is 2.36. The van der Waals surface area contributed by atoms with E-state index in [1.165, 1.54) is 58.5 Å². The molecule has 2 rings (SSSR count). The van der Waals surface area contributed by atoms with Crippen molar-refractivity contribution in [2.45, 2.75) is 52.1 Å². The molecular formula is C15H31N3. The van der Waals surface area contributed by atoms with Crippen molar-refractivity contribution in [3.8, 4) is 0 Å². The van der Waals surface area contributed by atoms with Crippen LogP contribution in [0.4, 0.5) is 0 Å². The van der Waals surface area contributed by atoms with E-state index in [-0.39, 0.29) is 0 Å². The van der Waals surface area contributed by atoms with E-state index in [1.807, 2.05) is 0 Å². The first-order chi connectivity index (χ1) is 8.74. The molecule has 0 amide bonds. The largest absolute Gasteiger partial charge is 0.314 e. The Kier molecular flexibility index (Phi) is 5.46. The first-order valence-corrected chi connectivity index (χ1v) is 7.93. The van der Waals surface area contributed by atoms with Gasteiger partial charge in [0.2, 0.25) is 0 Å². The lowest BCUT2D eigenvalue weighted by atomic mass is 9.93. The Morgan fingerprint density at radius 3 is 2.33 bits per heavy atom. The SMILES string of the molecule is CCC(C)CC(CC)N1CC(N2CCNCC2)C1. The van der Waals surface area contributed by atoms with Crippen molar-refractivity contribution < 1.29 is 0 Å². The zero-order valence-corrected chi connectivity index (χ0v) is 12.5. The van der Waals surface area contributed by atoms with Gasteiger partial charge < -0.3 is 5.32 Å². The second-order valence-electron chi connectivity index (χ2n) is 6.20. The number of piperazine rings is 1. The molecule has 0 saturated carbocycles. The quantitative estimate of drug-likeness (QED) is 0.778. The van der Waals surface area contributed by atoms with E-state index >= 15 is 0 Å². The highest BCUT2D eigenvalue weighted by molar-refractivity contribution is 4.93. The van der Waals surface area contributed by atoms with Gasteiger partial charge in [-0.2, -0.15) is 0 Å². The molecule has 0 aliphatic carbocycles. The van der Waals surface area contributed by atoms with Gasteiger partial charge in [0.1, 0.15) is 0 Å². The van der Waals surface area contributed by atoms with Crippen molar-refractivity contribution in [1.29, 1.82) is 0 Å². The maximum Gasteiger partial charge on any atom is 0.0351 e. The summed E-state index contributed by atoms with van der Waals surface area (Å²) in [6.45, 7) is 14.6. The van der Waals surface area contributed by atoms with E-state index in [0.717, 1.165) is 18.0 Å². The second kappa shape index (κ2) is 6.88. The summed E-state index contributed by atoms with van der Waals surface area (Å²) in [5.74, 6) is 0.883.